The van der Waals surface area contributed by atoms with Gasteiger partial charge in [0.2, 0.25) is 17.7 Å². The maximum absolute atomic E-state index is 12.5. The van der Waals surface area contributed by atoms with Gasteiger partial charge >= 0.3 is 0 Å². The van der Waals surface area contributed by atoms with Crippen molar-refractivity contribution in [3.8, 4) is 11.5 Å². The number of carbonyl (C=O) groups excluding carboxylic acids is 3. The molecule has 1 aromatic rings. The van der Waals surface area contributed by atoms with Crippen LogP contribution in [-0.2, 0) is 14.4 Å². The van der Waals surface area contributed by atoms with Crippen molar-refractivity contribution in [2.45, 2.75) is 58.9 Å². The smallest absolute Gasteiger partial charge is 0.233 e. The summed E-state index contributed by atoms with van der Waals surface area (Å²) in [6.07, 6.45) is 3.68. The van der Waals surface area contributed by atoms with Crippen LogP contribution in [0, 0.1) is 11.8 Å². The second-order valence-electron chi connectivity index (χ2n) is 7.94. The molecule has 0 spiro atoms. The lowest BCUT2D eigenvalue weighted by Gasteiger charge is -2.19. The van der Waals surface area contributed by atoms with Crippen molar-refractivity contribution in [2.75, 3.05) is 19.8 Å². The van der Waals surface area contributed by atoms with E-state index >= 15 is 0 Å². The third-order valence-corrected chi connectivity index (χ3v) is 5.94. The average Bonchev–Trinajstić information content (AvgIpc) is 2.98. The molecule has 1 aromatic carbocycles. The summed E-state index contributed by atoms with van der Waals surface area (Å²) in [4.78, 5) is 38.9. The Morgan fingerprint density at radius 1 is 1.07 bits per heavy atom. The Balaban J connectivity index is 1.56. The first kappa shape index (κ1) is 22.1. The Hall–Kier alpha value is -2.57. The Morgan fingerprint density at radius 3 is 2.27 bits per heavy atom. The molecule has 1 heterocycles. The zero-order valence-corrected chi connectivity index (χ0v) is 18.1. The molecule has 7 heteroatoms. The molecule has 3 amide bonds. The standard InChI is InChI=1S/C23H32N2O5/c1-4-29-19-11-10-16(14-20(19)30-5-2)15(3)24-21(26)12-13-25-22(27)17-8-6-7-9-18(17)23(25)28/h10-11,14-15,17-18H,4-9,12-13H2,1-3H3,(H,24,26)/t15-,17+,18+/m0/s1. The summed E-state index contributed by atoms with van der Waals surface area (Å²) in [6.45, 7) is 6.92. The maximum Gasteiger partial charge on any atom is 0.233 e. The van der Waals surface area contributed by atoms with Crippen LogP contribution in [0.1, 0.15) is 64.5 Å². The SMILES string of the molecule is CCOc1ccc([C@H](C)NC(=O)CCN2C(=O)[C@@H]3CCCC[C@H]3C2=O)cc1OCC. The van der Waals surface area contributed by atoms with Crippen LogP contribution in [0.3, 0.4) is 0 Å². The highest BCUT2D eigenvalue weighted by molar-refractivity contribution is 6.05. The number of rotatable bonds is 9. The Labute approximate surface area is 178 Å². The summed E-state index contributed by atoms with van der Waals surface area (Å²) in [6, 6.07) is 5.38. The molecule has 1 aliphatic carbocycles. The number of nitrogens with one attached hydrogen (secondary N) is 1. The van der Waals surface area contributed by atoms with Crippen molar-refractivity contribution in [2.24, 2.45) is 11.8 Å². The summed E-state index contributed by atoms with van der Waals surface area (Å²) in [5.74, 6) is 0.591. The minimum atomic E-state index is -0.236. The summed E-state index contributed by atoms with van der Waals surface area (Å²) in [7, 11) is 0. The second-order valence-corrected chi connectivity index (χ2v) is 7.94. The number of hydrogen-bond donors (Lipinski definition) is 1. The molecular formula is C23H32N2O5. The van der Waals surface area contributed by atoms with E-state index in [0.29, 0.717) is 24.7 Å². The molecule has 3 atom stereocenters. The first-order valence-electron chi connectivity index (χ1n) is 11.0. The van der Waals surface area contributed by atoms with E-state index in [2.05, 4.69) is 5.32 Å². The third kappa shape index (κ3) is 4.77. The molecule has 0 bridgehead atoms. The number of likely N-dealkylation sites (tertiary alicyclic amines) is 1. The van der Waals surface area contributed by atoms with Gasteiger partial charge in [-0.15, -0.1) is 0 Å². The van der Waals surface area contributed by atoms with E-state index in [1.54, 1.807) is 0 Å². The lowest BCUT2D eigenvalue weighted by atomic mass is 9.81. The van der Waals surface area contributed by atoms with Gasteiger partial charge in [-0.3, -0.25) is 19.3 Å². The summed E-state index contributed by atoms with van der Waals surface area (Å²) in [5.41, 5.74) is 0.898. The van der Waals surface area contributed by atoms with Crippen molar-refractivity contribution in [3.05, 3.63) is 23.8 Å². The van der Waals surface area contributed by atoms with Crippen LogP contribution >= 0.6 is 0 Å². The van der Waals surface area contributed by atoms with E-state index in [1.807, 2.05) is 39.0 Å². The highest BCUT2D eigenvalue weighted by Crippen LogP contribution is 2.38. The lowest BCUT2D eigenvalue weighted by molar-refractivity contribution is -0.140. The largest absolute Gasteiger partial charge is 0.490 e. The minimum Gasteiger partial charge on any atom is -0.490 e. The fourth-order valence-electron chi connectivity index (χ4n) is 4.40. The number of benzene rings is 1. The number of imide groups is 1. The van der Waals surface area contributed by atoms with Crippen LogP contribution < -0.4 is 14.8 Å². The minimum absolute atomic E-state index is 0.0987. The van der Waals surface area contributed by atoms with E-state index in [0.717, 1.165) is 31.2 Å². The monoisotopic (exact) mass is 416 g/mol. The third-order valence-electron chi connectivity index (χ3n) is 5.94. The van der Waals surface area contributed by atoms with Crippen molar-refractivity contribution < 1.29 is 23.9 Å². The first-order chi connectivity index (χ1) is 14.5. The van der Waals surface area contributed by atoms with Crippen molar-refractivity contribution in [3.63, 3.8) is 0 Å². The molecule has 0 radical (unpaired) electrons. The van der Waals surface area contributed by atoms with E-state index < -0.39 is 0 Å². The average molecular weight is 417 g/mol. The highest BCUT2D eigenvalue weighted by Gasteiger charge is 2.47. The van der Waals surface area contributed by atoms with Crippen molar-refractivity contribution >= 4 is 17.7 Å². The van der Waals surface area contributed by atoms with Crippen molar-refractivity contribution in [1.82, 2.24) is 10.2 Å². The molecule has 2 fully saturated rings. The second kappa shape index (κ2) is 9.96. The van der Waals surface area contributed by atoms with Gasteiger partial charge in [0.15, 0.2) is 11.5 Å². The summed E-state index contributed by atoms with van der Waals surface area (Å²) < 4.78 is 11.2. The molecule has 30 heavy (non-hydrogen) atoms. The first-order valence-corrected chi connectivity index (χ1v) is 11.0. The molecule has 0 aromatic heterocycles. The van der Waals surface area contributed by atoms with Crippen LogP contribution in [0.5, 0.6) is 11.5 Å². The summed E-state index contributed by atoms with van der Waals surface area (Å²) >= 11 is 0. The van der Waals surface area contributed by atoms with E-state index in [1.165, 1.54) is 4.90 Å². The molecule has 164 valence electrons. The number of carbonyl (C=O) groups is 3. The predicted octanol–water partition coefficient (Wildman–Crippen LogP) is 3.23. The van der Waals surface area contributed by atoms with Gasteiger partial charge in [0, 0.05) is 13.0 Å². The number of nitrogens with zero attached hydrogens (tertiary/aromatic N) is 1. The lowest BCUT2D eigenvalue weighted by Crippen LogP contribution is -2.36. The Morgan fingerprint density at radius 2 is 1.67 bits per heavy atom. The Kier molecular flexibility index (Phi) is 7.34. The van der Waals surface area contributed by atoms with Gasteiger partial charge in [-0.2, -0.15) is 0 Å². The van der Waals surface area contributed by atoms with E-state index in [9.17, 15) is 14.4 Å². The molecular weight excluding hydrogens is 384 g/mol. The molecule has 1 aliphatic heterocycles. The molecule has 0 unspecified atom stereocenters. The van der Waals surface area contributed by atoms with Gasteiger partial charge in [-0.05, 0) is 51.3 Å². The topological polar surface area (TPSA) is 84.9 Å². The van der Waals surface area contributed by atoms with Crippen LogP contribution in [-0.4, -0.2) is 42.4 Å². The van der Waals surface area contributed by atoms with Crippen LogP contribution in [0.4, 0.5) is 0 Å². The quantitative estimate of drug-likeness (QED) is 0.625. The zero-order chi connectivity index (χ0) is 21.7. The summed E-state index contributed by atoms with van der Waals surface area (Å²) in [5, 5.41) is 2.95. The molecule has 3 rings (SSSR count). The van der Waals surface area contributed by atoms with E-state index in [4.69, 9.17) is 9.47 Å². The molecule has 2 aliphatic rings. The number of amides is 3. The molecule has 1 N–H and O–H groups in total. The maximum atomic E-state index is 12.5. The van der Waals surface area contributed by atoms with Gasteiger partial charge < -0.3 is 14.8 Å². The van der Waals surface area contributed by atoms with Gasteiger partial charge in [-0.25, -0.2) is 0 Å². The number of hydrogen-bond acceptors (Lipinski definition) is 5. The Bertz CT molecular complexity index is 770. The number of fused-ring (bicyclic) bond motifs is 1. The highest BCUT2D eigenvalue weighted by atomic mass is 16.5. The fourth-order valence-corrected chi connectivity index (χ4v) is 4.40. The fraction of sp³-hybridized carbons (Fsp3) is 0.609. The molecule has 1 saturated carbocycles. The normalized spacial score (nSPS) is 21.9. The zero-order valence-electron chi connectivity index (χ0n) is 18.1. The van der Waals surface area contributed by atoms with Gasteiger partial charge in [0.05, 0.1) is 31.1 Å². The van der Waals surface area contributed by atoms with Crippen molar-refractivity contribution in [1.29, 1.82) is 0 Å². The molecule has 1 saturated heterocycles. The van der Waals surface area contributed by atoms with Crippen LogP contribution in [0.25, 0.3) is 0 Å². The van der Waals surface area contributed by atoms with Gasteiger partial charge in [0.25, 0.3) is 0 Å². The molecule has 7 nitrogen and oxygen atoms in total. The van der Waals surface area contributed by atoms with Crippen LogP contribution in [0.15, 0.2) is 18.2 Å². The van der Waals surface area contributed by atoms with Crippen LogP contribution in [0.2, 0.25) is 0 Å². The predicted molar refractivity (Wildman–Crippen MR) is 112 cm³/mol. The van der Waals surface area contributed by atoms with Gasteiger partial charge in [-0.1, -0.05) is 18.9 Å². The van der Waals surface area contributed by atoms with E-state index in [-0.39, 0.29) is 48.6 Å². The number of ether oxygens (including phenoxy) is 2. The van der Waals surface area contributed by atoms with Gasteiger partial charge in [0.1, 0.15) is 0 Å².